The van der Waals surface area contributed by atoms with Crippen LogP contribution in [0.4, 0.5) is 4.39 Å². The fourth-order valence-electron chi connectivity index (χ4n) is 1.47. The minimum atomic E-state index is -0.526. The van der Waals surface area contributed by atoms with Crippen molar-refractivity contribution in [2.45, 2.75) is 19.3 Å². The van der Waals surface area contributed by atoms with E-state index in [0.717, 1.165) is 12.0 Å². The van der Waals surface area contributed by atoms with Gasteiger partial charge in [0.25, 0.3) is 0 Å². The number of alkyl halides is 1. The lowest BCUT2D eigenvalue weighted by atomic mass is 9.93. The summed E-state index contributed by atoms with van der Waals surface area (Å²) in [6.07, 6.45) is 0.787. The maximum absolute atomic E-state index is 12.5. The molecule has 0 bridgehead atoms. The van der Waals surface area contributed by atoms with Crippen molar-refractivity contribution < 1.29 is 4.39 Å². The molecule has 0 aliphatic carbocycles. The molecule has 0 spiro atoms. The van der Waals surface area contributed by atoms with Gasteiger partial charge >= 0.3 is 0 Å². The van der Waals surface area contributed by atoms with Crippen LogP contribution in [0.25, 0.3) is 0 Å². The first kappa shape index (κ1) is 10.7. The van der Waals surface area contributed by atoms with Gasteiger partial charge in [0.05, 0.1) is 18.3 Å². The van der Waals surface area contributed by atoms with E-state index in [4.69, 9.17) is 5.26 Å². The lowest BCUT2D eigenvalue weighted by molar-refractivity contribution is 0.465. The smallest absolute Gasteiger partial charge is 0.0997 e. The van der Waals surface area contributed by atoms with Gasteiger partial charge in [-0.15, -0.1) is 0 Å². The molecule has 2 heteroatoms. The van der Waals surface area contributed by atoms with Crippen LogP contribution in [0.3, 0.4) is 0 Å². The highest BCUT2D eigenvalue weighted by Gasteiger charge is 2.12. The van der Waals surface area contributed by atoms with Crippen molar-refractivity contribution in [1.29, 1.82) is 5.26 Å². The van der Waals surface area contributed by atoms with Crippen LogP contribution in [0.15, 0.2) is 18.2 Å². The summed E-state index contributed by atoms with van der Waals surface area (Å²) in [4.78, 5) is 0. The van der Waals surface area contributed by atoms with Crippen LogP contribution in [0.1, 0.15) is 29.5 Å². The molecule has 0 amide bonds. The van der Waals surface area contributed by atoms with Crippen molar-refractivity contribution in [3.63, 3.8) is 0 Å². The van der Waals surface area contributed by atoms with Crippen LogP contribution in [-0.2, 0) is 6.42 Å². The molecule has 1 aromatic carbocycles. The minimum Gasteiger partial charge on any atom is -0.250 e. The Bertz CT molecular complexity index is 352. The van der Waals surface area contributed by atoms with Crippen LogP contribution in [0, 0.1) is 18.3 Å². The molecule has 0 aromatic heterocycles. The number of benzene rings is 1. The maximum atomic E-state index is 12.5. The summed E-state index contributed by atoms with van der Waals surface area (Å²) in [6.45, 7) is 5.14. The molecule has 0 heterocycles. The van der Waals surface area contributed by atoms with Crippen molar-refractivity contribution in [1.82, 2.24) is 0 Å². The van der Waals surface area contributed by atoms with E-state index < -0.39 is 12.6 Å². The van der Waals surface area contributed by atoms with Gasteiger partial charge in [-0.25, -0.2) is 0 Å². The van der Waals surface area contributed by atoms with Gasteiger partial charge in [0, 0.05) is 5.92 Å². The minimum absolute atomic E-state index is 0.434. The molecule has 0 N–H and O–H groups in total. The van der Waals surface area contributed by atoms with Crippen LogP contribution < -0.4 is 0 Å². The average Bonchev–Trinajstić information content (AvgIpc) is 2.26. The molecule has 1 nitrogen and oxygen atoms in total. The number of hydrogen-bond acceptors (Lipinski definition) is 1. The number of halogens is 1. The molecule has 0 fully saturated rings. The topological polar surface area (TPSA) is 23.8 Å². The summed E-state index contributed by atoms with van der Waals surface area (Å²) in [7, 11) is 0. The van der Waals surface area contributed by atoms with E-state index >= 15 is 0 Å². The molecule has 1 rings (SSSR count). The molecular formula is C12H13FN. The van der Waals surface area contributed by atoms with Gasteiger partial charge in [-0.05, 0) is 24.5 Å². The van der Waals surface area contributed by atoms with E-state index in [1.807, 2.05) is 19.1 Å². The van der Waals surface area contributed by atoms with Crippen molar-refractivity contribution in [3.8, 4) is 6.07 Å². The van der Waals surface area contributed by atoms with E-state index in [1.165, 1.54) is 0 Å². The Balaban J connectivity index is 3.23. The fourth-order valence-corrected chi connectivity index (χ4v) is 1.47. The molecule has 0 aliphatic rings. The van der Waals surface area contributed by atoms with Crippen molar-refractivity contribution in [3.05, 3.63) is 41.8 Å². The molecule has 1 aromatic rings. The van der Waals surface area contributed by atoms with Gasteiger partial charge in [-0.3, -0.25) is 4.39 Å². The molecule has 0 saturated heterocycles. The van der Waals surface area contributed by atoms with Crippen molar-refractivity contribution in [2.24, 2.45) is 0 Å². The molecule has 14 heavy (non-hydrogen) atoms. The lowest BCUT2D eigenvalue weighted by Crippen LogP contribution is -2.02. The van der Waals surface area contributed by atoms with Gasteiger partial charge in [-0.2, -0.15) is 5.26 Å². The molecule has 73 valence electrons. The third kappa shape index (κ3) is 1.93. The summed E-state index contributed by atoms with van der Waals surface area (Å²) in [5.74, 6) is -0.434. The first-order valence-corrected chi connectivity index (χ1v) is 4.65. The van der Waals surface area contributed by atoms with E-state index in [9.17, 15) is 4.39 Å². The Kier molecular flexibility index (Phi) is 3.64. The summed E-state index contributed by atoms with van der Waals surface area (Å²) in [6, 6.07) is 7.64. The summed E-state index contributed by atoms with van der Waals surface area (Å²) in [5, 5.41) is 8.97. The zero-order chi connectivity index (χ0) is 10.6. The zero-order valence-electron chi connectivity index (χ0n) is 8.26. The highest BCUT2D eigenvalue weighted by molar-refractivity contribution is 5.46. The quantitative estimate of drug-likeness (QED) is 0.718. The van der Waals surface area contributed by atoms with Crippen LogP contribution in [0.2, 0.25) is 0 Å². The van der Waals surface area contributed by atoms with Gasteiger partial charge in [0.1, 0.15) is 0 Å². The molecule has 0 aliphatic heterocycles. The monoisotopic (exact) mass is 190 g/mol. The first-order chi connectivity index (χ1) is 6.74. The maximum Gasteiger partial charge on any atom is 0.0997 e. The van der Waals surface area contributed by atoms with E-state index in [2.05, 4.69) is 13.0 Å². The van der Waals surface area contributed by atoms with Gasteiger partial charge in [0.15, 0.2) is 0 Å². The van der Waals surface area contributed by atoms with Crippen LogP contribution >= 0.6 is 0 Å². The average molecular weight is 190 g/mol. The Labute approximate surface area is 84.2 Å². The number of hydrogen-bond donors (Lipinski definition) is 0. The van der Waals surface area contributed by atoms with Crippen molar-refractivity contribution >= 4 is 0 Å². The third-order valence-electron chi connectivity index (χ3n) is 2.30. The Morgan fingerprint density at radius 3 is 2.79 bits per heavy atom. The van der Waals surface area contributed by atoms with Gasteiger partial charge < -0.3 is 0 Å². The Hall–Kier alpha value is -1.36. The second-order valence-corrected chi connectivity index (χ2v) is 3.20. The largest absolute Gasteiger partial charge is 0.250 e. The third-order valence-corrected chi connectivity index (χ3v) is 2.30. The van der Waals surface area contributed by atoms with Crippen molar-refractivity contribution in [2.75, 3.05) is 6.67 Å². The number of aryl methyl sites for hydroxylation is 1. The normalized spacial score (nSPS) is 12.1. The second-order valence-electron chi connectivity index (χ2n) is 3.20. The van der Waals surface area contributed by atoms with E-state index in [1.54, 1.807) is 6.07 Å². The first-order valence-electron chi connectivity index (χ1n) is 4.65. The standard InChI is InChI=1S/C12H13FN/c1-3-10-5-4-6-11(9(2)7-13)12(10)8-14/h4-6,9H,2-3,7H2,1H3. The fraction of sp³-hybridized carbons (Fsp3) is 0.333. The molecule has 1 unspecified atom stereocenters. The second kappa shape index (κ2) is 4.76. The van der Waals surface area contributed by atoms with Crippen LogP contribution in [0.5, 0.6) is 0 Å². The highest BCUT2D eigenvalue weighted by atomic mass is 19.1. The SMILES string of the molecule is [CH2]C(CF)c1cccc(CC)c1C#N. The predicted octanol–water partition coefficient (Wildman–Crippen LogP) is 3.01. The lowest BCUT2D eigenvalue weighted by Gasteiger charge is -2.11. The Morgan fingerprint density at radius 1 is 1.57 bits per heavy atom. The predicted molar refractivity (Wildman–Crippen MR) is 54.6 cm³/mol. The van der Waals surface area contributed by atoms with E-state index in [0.29, 0.717) is 11.1 Å². The molecule has 1 radical (unpaired) electrons. The molecular weight excluding hydrogens is 177 g/mol. The highest BCUT2D eigenvalue weighted by Crippen LogP contribution is 2.22. The summed E-state index contributed by atoms with van der Waals surface area (Å²) in [5.41, 5.74) is 2.27. The van der Waals surface area contributed by atoms with Gasteiger partial charge in [-0.1, -0.05) is 25.1 Å². The summed E-state index contributed by atoms with van der Waals surface area (Å²) >= 11 is 0. The Morgan fingerprint density at radius 2 is 2.29 bits per heavy atom. The molecule has 0 saturated carbocycles. The number of rotatable bonds is 3. The number of nitriles is 1. The molecule has 1 atom stereocenters. The van der Waals surface area contributed by atoms with Crippen LogP contribution in [-0.4, -0.2) is 6.67 Å². The zero-order valence-corrected chi connectivity index (χ0v) is 8.26. The van der Waals surface area contributed by atoms with Gasteiger partial charge in [0.2, 0.25) is 0 Å². The summed E-state index contributed by atoms with van der Waals surface area (Å²) < 4.78 is 12.5. The van der Waals surface area contributed by atoms with E-state index in [-0.39, 0.29) is 0 Å². The number of nitrogens with zero attached hydrogens (tertiary/aromatic N) is 1.